The molecule has 2 heterocycles. The Balaban J connectivity index is 1.73. The van der Waals surface area contributed by atoms with Crippen LogP contribution in [0.1, 0.15) is 26.7 Å². The molecule has 0 aromatic rings. The van der Waals surface area contributed by atoms with E-state index in [9.17, 15) is 4.79 Å². The quantitative estimate of drug-likeness (QED) is 0.725. The highest BCUT2D eigenvalue weighted by Gasteiger charge is 2.40. The van der Waals surface area contributed by atoms with Crippen molar-refractivity contribution in [1.82, 2.24) is 10.2 Å². The Labute approximate surface area is 104 Å². The van der Waals surface area contributed by atoms with E-state index in [0.717, 1.165) is 39.1 Å². The molecule has 0 bridgehead atoms. The zero-order chi connectivity index (χ0) is 12.3. The van der Waals surface area contributed by atoms with Crippen LogP contribution in [-0.2, 0) is 9.53 Å². The first-order valence-electron chi connectivity index (χ1n) is 6.78. The Hall–Kier alpha value is -0.610. The molecule has 2 rings (SSSR count). The van der Waals surface area contributed by atoms with Gasteiger partial charge in [-0.3, -0.25) is 4.79 Å². The number of hydrogen-bond acceptors (Lipinski definition) is 3. The van der Waals surface area contributed by atoms with Crippen LogP contribution in [0.25, 0.3) is 0 Å². The Morgan fingerprint density at radius 2 is 2.35 bits per heavy atom. The highest BCUT2D eigenvalue weighted by molar-refractivity contribution is 5.82. The van der Waals surface area contributed by atoms with Gasteiger partial charge in [-0.05, 0) is 25.3 Å². The summed E-state index contributed by atoms with van der Waals surface area (Å²) in [7, 11) is 0. The monoisotopic (exact) mass is 240 g/mol. The van der Waals surface area contributed by atoms with E-state index in [1.165, 1.54) is 0 Å². The minimum absolute atomic E-state index is 0.230. The molecule has 2 aliphatic heterocycles. The Bertz CT molecular complexity index is 268. The van der Waals surface area contributed by atoms with Crippen LogP contribution in [0.4, 0.5) is 0 Å². The van der Waals surface area contributed by atoms with Crippen LogP contribution in [0, 0.1) is 11.8 Å². The molecule has 4 heteroatoms. The largest absolute Gasteiger partial charge is 0.379 e. The molecule has 2 saturated heterocycles. The summed E-state index contributed by atoms with van der Waals surface area (Å²) in [6.07, 6.45) is 2.18. The number of nitrogens with one attached hydrogen (secondary N) is 1. The average Bonchev–Trinajstić information content (AvgIpc) is 2.63. The average molecular weight is 240 g/mol. The van der Waals surface area contributed by atoms with Gasteiger partial charge in [0, 0.05) is 25.7 Å². The molecular weight excluding hydrogens is 216 g/mol. The van der Waals surface area contributed by atoms with Crippen molar-refractivity contribution < 1.29 is 9.53 Å². The third kappa shape index (κ3) is 3.19. The van der Waals surface area contributed by atoms with E-state index in [2.05, 4.69) is 19.2 Å². The zero-order valence-electron chi connectivity index (χ0n) is 10.9. The second-order valence-electron chi connectivity index (χ2n) is 5.56. The molecule has 0 aromatic heterocycles. The fourth-order valence-electron chi connectivity index (χ4n) is 2.70. The molecule has 2 unspecified atom stereocenters. The van der Waals surface area contributed by atoms with Crippen LogP contribution in [0.3, 0.4) is 0 Å². The number of piperidine rings is 1. The van der Waals surface area contributed by atoms with Gasteiger partial charge in [-0.1, -0.05) is 13.8 Å². The van der Waals surface area contributed by atoms with Crippen molar-refractivity contribution in [3.8, 4) is 0 Å². The van der Waals surface area contributed by atoms with Crippen molar-refractivity contribution in [2.24, 2.45) is 11.8 Å². The lowest BCUT2D eigenvalue weighted by Crippen LogP contribution is -2.41. The van der Waals surface area contributed by atoms with Crippen LogP contribution in [0.5, 0.6) is 0 Å². The predicted molar refractivity (Wildman–Crippen MR) is 66.8 cm³/mol. The zero-order valence-corrected chi connectivity index (χ0v) is 10.9. The first-order valence-corrected chi connectivity index (χ1v) is 6.78. The maximum atomic E-state index is 12.1. The highest BCUT2D eigenvalue weighted by Crippen LogP contribution is 2.25. The van der Waals surface area contributed by atoms with E-state index in [4.69, 9.17) is 4.74 Å². The molecule has 0 radical (unpaired) electrons. The van der Waals surface area contributed by atoms with Gasteiger partial charge in [0.2, 0.25) is 5.91 Å². The number of amides is 1. The Kier molecular flexibility index (Phi) is 4.40. The van der Waals surface area contributed by atoms with E-state index in [-0.39, 0.29) is 5.92 Å². The molecule has 2 atom stereocenters. The topological polar surface area (TPSA) is 41.6 Å². The number of carbonyl (C=O) groups is 1. The van der Waals surface area contributed by atoms with Gasteiger partial charge >= 0.3 is 0 Å². The molecule has 0 spiro atoms. The number of hydrogen-bond donors (Lipinski definition) is 1. The van der Waals surface area contributed by atoms with Gasteiger partial charge in [-0.25, -0.2) is 0 Å². The fourth-order valence-corrected chi connectivity index (χ4v) is 2.70. The van der Waals surface area contributed by atoms with Gasteiger partial charge in [0.1, 0.15) is 0 Å². The molecule has 17 heavy (non-hydrogen) atoms. The molecule has 0 saturated carbocycles. The van der Waals surface area contributed by atoms with Crippen molar-refractivity contribution in [2.75, 3.05) is 32.8 Å². The highest BCUT2D eigenvalue weighted by atomic mass is 16.5. The van der Waals surface area contributed by atoms with Gasteiger partial charge < -0.3 is 15.0 Å². The Morgan fingerprint density at radius 1 is 1.53 bits per heavy atom. The van der Waals surface area contributed by atoms with E-state index >= 15 is 0 Å². The molecule has 2 aliphatic rings. The van der Waals surface area contributed by atoms with E-state index in [1.807, 2.05) is 4.90 Å². The van der Waals surface area contributed by atoms with Crippen molar-refractivity contribution in [3.05, 3.63) is 0 Å². The number of likely N-dealkylation sites (tertiary alicyclic amines) is 1. The molecule has 1 N–H and O–H groups in total. The van der Waals surface area contributed by atoms with Crippen molar-refractivity contribution >= 4 is 5.91 Å². The van der Waals surface area contributed by atoms with Crippen LogP contribution in [0.2, 0.25) is 0 Å². The van der Waals surface area contributed by atoms with E-state index in [1.54, 1.807) is 0 Å². The van der Waals surface area contributed by atoms with E-state index < -0.39 is 0 Å². The Morgan fingerprint density at radius 3 is 3.06 bits per heavy atom. The first kappa shape index (κ1) is 12.8. The van der Waals surface area contributed by atoms with Gasteiger partial charge in [-0.15, -0.1) is 0 Å². The normalized spacial score (nSPS) is 28.9. The molecule has 0 aromatic carbocycles. The maximum absolute atomic E-state index is 12.1. The summed E-state index contributed by atoms with van der Waals surface area (Å²) in [5, 5.41) is 3.45. The van der Waals surface area contributed by atoms with Crippen LogP contribution >= 0.6 is 0 Å². The van der Waals surface area contributed by atoms with Gasteiger partial charge in [0.25, 0.3) is 0 Å². The third-order valence-electron chi connectivity index (χ3n) is 3.59. The second-order valence-corrected chi connectivity index (χ2v) is 5.56. The lowest BCUT2D eigenvalue weighted by molar-refractivity contribution is -0.132. The lowest BCUT2D eigenvalue weighted by Gasteiger charge is -2.23. The second kappa shape index (κ2) is 5.83. The summed E-state index contributed by atoms with van der Waals surface area (Å²) in [4.78, 5) is 14.1. The molecule has 98 valence electrons. The minimum atomic E-state index is 0.230. The summed E-state index contributed by atoms with van der Waals surface area (Å²) in [5.41, 5.74) is 0. The number of ether oxygens (including phenoxy) is 1. The van der Waals surface area contributed by atoms with Crippen molar-refractivity contribution in [2.45, 2.75) is 32.7 Å². The number of fused-ring (bicyclic) bond motifs is 1. The molecule has 0 aliphatic carbocycles. The molecule has 2 fully saturated rings. The van der Waals surface area contributed by atoms with E-state index in [0.29, 0.717) is 24.5 Å². The van der Waals surface area contributed by atoms with Gasteiger partial charge in [0.15, 0.2) is 0 Å². The predicted octanol–water partition coefficient (Wildman–Crippen LogP) is 0.869. The lowest BCUT2D eigenvalue weighted by atomic mass is 9.94. The number of rotatable bonds is 5. The van der Waals surface area contributed by atoms with Crippen molar-refractivity contribution in [3.63, 3.8) is 0 Å². The molecule has 4 nitrogen and oxygen atoms in total. The summed E-state index contributed by atoms with van der Waals surface area (Å²) in [6.45, 7) is 8.41. The molecule has 1 amide bonds. The fraction of sp³-hybridized carbons (Fsp3) is 0.923. The van der Waals surface area contributed by atoms with Crippen LogP contribution in [-0.4, -0.2) is 49.7 Å². The summed E-state index contributed by atoms with van der Waals surface area (Å²) in [6, 6.07) is 0.390. The van der Waals surface area contributed by atoms with Crippen molar-refractivity contribution in [1.29, 1.82) is 0 Å². The number of nitrogens with zero attached hydrogens (tertiary/aromatic N) is 1. The summed E-state index contributed by atoms with van der Waals surface area (Å²) < 4.78 is 5.54. The standard InChI is InChI=1S/C13H24N2O2/c1-10(2)9-17-7-6-15-8-12-11(13(15)16)4-3-5-14-12/h10-12,14H,3-9H2,1-2H3. The van der Waals surface area contributed by atoms with Gasteiger partial charge in [0.05, 0.1) is 12.5 Å². The smallest absolute Gasteiger partial charge is 0.227 e. The SMILES string of the molecule is CC(C)COCCN1CC2NCCCC2C1=O. The van der Waals surface area contributed by atoms with Crippen LogP contribution in [0.15, 0.2) is 0 Å². The summed E-state index contributed by atoms with van der Waals surface area (Å²) >= 11 is 0. The van der Waals surface area contributed by atoms with Crippen LogP contribution < -0.4 is 5.32 Å². The molecular formula is C13H24N2O2. The third-order valence-corrected chi connectivity index (χ3v) is 3.59. The van der Waals surface area contributed by atoms with Gasteiger partial charge in [-0.2, -0.15) is 0 Å². The maximum Gasteiger partial charge on any atom is 0.227 e. The summed E-state index contributed by atoms with van der Waals surface area (Å²) in [5.74, 6) is 1.12. The minimum Gasteiger partial charge on any atom is -0.379 e. The number of carbonyl (C=O) groups excluding carboxylic acids is 1. The first-order chi connectivity index (χ1) is 8.18.